The van der Waals surface area contributed by atoms with Crippen molar-refractivity contribution in [2.24, 2.45) is 0 Å². The van der Waals surface area contributed by atoms with Crippen LogP contribution in [0.25, 0.3) is 0 Å². The van der Waals surface area contributed by atoms with E-state index in [1.165, 1.54) is 5.56 Å². The third kappa shape index (κ3) is 2.65. The van der Waals surface area contributed by atoms with Crippen molar-refractivity contribution in [2.75, 3.05) is 0 Å². The number of benzene rings is 1. The van der Waals surface area contributed by atoms with Gasteiger partial charge in [0.05, 0.1) is 0 Å². The minimum absolute atomic E-state index is 0.468. The Hall–Kier alpha value is -1.54. The lowest BCUT2D eigenvalue weighted by molar-refractivity contribution is 0.455. The first-order valence-corrected chi connectivity index (χ1v) is 6.41. The van der Waals surface area contributed by atoms with Crippen molar-refractivity contribution in [1.82, 2.24) is 4.98 Å². The van der Waals surface area contributed by atoms with Crippen molar-refractivity contribution in [3.8, 4) is 11.6 Å². The first kappa shape index (κ1) is 12.9. The van der Waals surface area contributed by atoms with Crippen LogP contribution < -0.4 is 4.74 Å². The van der Waals surface area contributed by atoms with E-state index in [9.17, 15) is 0 Å². The van der Waals surface area contributed by atoms with Crippen LogP contribution in [-0.2, 0) is 5.88 Å². The standard InChI is InChI=1S/C15H16ClNO/c1-10-4-5-11(2)15(12(10)3)18-14-7-6-13(8-16)9-17-14/h4-7,9H,8H2,1-3H3. The van der Waals surface area contributed by atoms with E-state index >= 15 is 0 Å². The molecule has 0 atom stereocenters. The highest BCUT2D eigenvalue weighted by Crippen LogP contribution is 2.29. The van der Waals surface area contributed by atoms with Crippen LogP contribution in [-0.4, -0.2) is 4.98 Å². The maximum absolute atomic E-state index is 5.87. The summed E-state index contributed by atoms with van der Waals surface area (Å²) in [5.74, 6) is 1.96. The van der Waals surface area contributed by atoms with Crippen LogP contribution >= 0.6 is 11.6 Å². The summed E-state index contributed by atoms with van der Waals surface area (Å²) >= 11 is 5.73. The highest BCUT2D eigenvalue weighted by molar-refractivity contribution is 6.17. The Morgan fingerprint density at radius 2 is 1.78 bits per heavy atom. The first-order valence-electron chi connectivity index (χ1n) is 5.87. The highest BCUT2D eigenvalue weighted by atomic mass is 35.5. The van der Waals surface area contributed by atoms with Crippen LogP contribution in [0.15, 0.2) is 30.5 Å². The normalized spacial score (nSPS) is 10.4. The summed E-state index contributed by atoms with van der Waals surface area (Å²) < 4.78 is 5.87. The van der Waals surface area contributed by atoms with Crippen molar-refractivity contribution in [2.45, 2.75) is 26.7 Å². The van der Waals surface area contributed by atoms with E-state index in [4.69, 9.17) is 16.3 Å². The van der Waals surface area contributed by atoms with Crippen LogP contribution in [0.5, 0.6) is 11.6 Å². The average Bonchev–Trinajstić information content (AvgIpc) is 2.40. The summed E-state index contributed by atoms with van der Waals surface area (Å²) in [6.07, 6.45) is 1.74. The van der Waals surface area contributed by atoms with Crippen molar-refractivity contribution in [1.29, 1.82) is 0 Å². The van der Waals surface area contributed by atoms with E-state index in [0.29, 0.717) is 11.8 Å². The van der Waals surface area contributed by atoms with E-state index in [1.54, 1.807) is 6.20 Å². The smallest absolute Gasteiger partial charge is 0.219 e. The molecule has 0 fully saturated rings. The van der Waals surface area contributed by atoms with Crippen molar-refractivity contribution in [3.05, 3.63) is 52.7 Å². The number of ether oxygens (including phenoxy) is 1. The van der Waals surface area contributed by atoms with Gasteiger partial charge in [0.1, 0.15) is 5.75 Å². The summed E-state index contributed by atoms with van der Waals surface area (Å²) in [6.45, 7) is 6.17. The number of rotatable bonds is 3. The zero-order valence-electron chi connectivity index (χ0n) is 10.8. The van der Waals surface area contributed by atoms with Gasteiger partial charge in [-0.2, -0.15) is 0 Å². The number of halogens is 1. The Labute approximate surface area is 113 Å². The molecule has 0 aliphatic rings. The maximum atomic E-state index is 5.87. The van der Waals surface area contributed by atoms with Gasteiger partial charge in [0, 0.05) is 18.1 Å². The molecule has 0 unspecified atom stereocenters. The minimum atomic E-state index is 0.468. The van der Waals surface area contributed by atoms with Gasteiger partial charge in [-0.25, -0.2) is 4.98 Å². The van der Waals surface area contributed by atoms with Gasteiger partial charge in [-0.3, -0.25) is 0 Å². The predicted octanol–water partition coefficient (Wildman–Crippen LogP) is 4.54. The molecule has 2 rings (SSSR count). The van der Waals surface area contributed by atoms with Gasteiger partial charge in [0.25, 0.3) is 0 Å². The molecule has 0 aliphatic carbocycles. The number of hydrogen-bond acceptors (Lipinski definition) is 2. The second kappa shape index (κ2) is 5.40. The molecular weight excluding hydrogens is 246 g/mol. The molecule has 0 spiro atoms. The van der Waals surface area contributed by atoms with Gasteiger partial charge in [-0.05, 0) is 43.0 Å². The molecule has 0 amide bonds. The molecule has 0 aliphatic heterocycles. The third-order valence-corrected chi connectivity index (χ3v) is 3.34. The summed E-state index contributed by atoms with van der Waals surface area (Å²) in [7, 11) is 0. The lowest BCUT2D eigenvalue weighted by Gasteiger charge is -2.12. The SMILES string of the molecule is Cc1ccc(C)c(Oc2ccc(CCl)cn2)c1C. The fraction of sp³-hybridized carbons (Fsp3) is 0.267. The summed E-state index contributed by atoms with van der Waals surface area (Å²) in [5, 5.41) is 0. The van der Waals surface area contributed by atoms with Crippen LogP contribution in [0, 0.1) is 20.8 Å². The van der Waals surface area contributed by atoms with E-state index in [-0.39, 0.29) is 0 Å². The van der Waals surface area contributed by atoms with Crippen molar-refractivity contribution in [3.63, 3.8) is 0 Å². The lowest BCUT2D eigenvalue weighted by Crippen LogP contribution is -1.95. The number of nitrogens with zero attached hydrogens (tertiary/aromatic N) is 1. The molecule has 1 heterocycles. The molecule has 0 N–H and O–H groups in total. The van der Waals surface area contributed by atoms with Crippen molar-refractivity contribution < 1.29 is 4.74 Å². The molecule has 2 aromatic rings. The quantitative estimate of drug-likeness (QED) is 0.757. The second-order valence-corrected chi connectivity index (χ2v) is 4.66. The Morgan fingerprint density at radius 1 is 1.06 bits per heavy atom. The highest BCUT2D eigenvalue weighted by Gasteiger charge is 2.08. The van der Waals surface area contributed by atoms with E-state index in [0.717, 1.165) is 22.4 Å². The maximum Gasteiger partial charge on any atom is 0.219 e. The Balaban J connectivity index is 2.30. The van der Waals surface area contributed by atoms with Gasteiger partial charge in [-0.15, -0.1) is 11.6 Å². The van der Waals surface area contributed by atoms with E-state index in [2.05, 4.69) is 31.0 Å². The predicted molar refractivity (Wildman–Crippen MR) is 74.5 cm³/mol. The topological polar surface area (TPSA) is 22.1 Å². The summed E-state index contributed by atoms with van der Waals surface area (Å²) in [5.41, 5.74) is 4.47. The zero-order chi connectivity index (χ0) is 13.1. The summed E-state index contributed by atoms with van der Waals surface area (Å²) in [4.78, 5) is 4.25. The zero-order valence-corrected chi connectivity index (χ0v) is 11.6. The van der Waals surface area contributed by atoms with Gasteiger partial charge < -0.3 is 4.74 Å². The van der Waals surface area contributed by atoms with Gasteiger partial charge in [0.15, 0.2) is 0 Å². The van der Waals surface area contributed by atoms with Gasteiger partial charge >= 0.3 is 0 Å². The number of pyridine rings is 1. The van der Waals surface area contributed by atoms with Crippen LogP contribution in [0.3, 0.4) is 0 Å². The fourth-order valence-corrected chi connectivity index (χ4v) is 1.90. The number of hydrogen-bond donors (Lipinski definition) is 0. The first-order chi connectivity index (χ1) is 8.61. The molecule has 0 saturated carbocycles. The van der Waals surface area contributed by atoms with E-state index in [1.807, 2.05) is 19.1 Å². The molecular formula is C15H16ClNO. The van der Waals surface area contributed by atoms with Crippen LogP contribution in [0.4, 0.5) is 0 Å². The number of alkyl halides is 1. The van der Waals surface area contributed by atoms with Gasteiger partial charge in [-0.1, -0.05) is 18.2 Å². The molecule has 94 valence electrons. The van der Waals surface area contributed by atoms with E-state index < -0.39 is 0 Å². The monoisotopic (exact) mass is 261 g/mol. The second-order valence-electron chi connectivity index (χ2n) is 4.39. The molecule has 2 nitrogen and oxygen atoms in total. The lowest BCUT2D eigenvalue weighted by atomic mass is 10.1. The van der Waals surface area contributed by atoms with Crippen LogP contribution in [0.1, 0.15) is 22.3 Å². The average molecular weight is 262 g/mol. The molecule has 1 aromatic carbocycles. The largest absolute Gasteiger partial charge is 0.438 e. The number of aromatic nitrogens is 1. The summed E-state index contributed by atoms with van der Waals surface area (Å²) in [6, 6.07) is 7.93. The Morgan fingerprint density at radius 3 is 2.39 bits per heavy atom. The fourth-order valence-electron chi connectivity index (χ4n) is 1.74. The Bertz CT molecular complexity index is 549. The molecule has 1 aromatic heterocycles. The third-order valence-electron chi connectivity index (χ3n) is 3.03. The molecule has 18 heavy (non-hydrogen) atoms. The molecule has 0 radical (unpaired) electrons. The Kier molecular flexibility index (Phi) is 3.87. The molecule has 0 saturated heterocycles. The molecule has 0 bridgehead atoms. The van der Waals surface area contributed by atoms with Crippen molar-refractivity contribution >= 4 is 11.6 Å². The van der Waals surface area contributed by atoms with Gasteiger partial charge in [0.2, 0.25) is 5.88 Å². The number of aryl methyl sites for hydroxylation is 2. The molecule has 3 heteroatoms. The minimum Gasteiger partial charge on any atom is -0.438 e. The van der Waals surface area contributed by atoms with Crippen LogP contribution in [0.2, 0.25) is 0 Å².